The summed E-state index contributed by atoms with van der Waals surface area (Å²) in [6.45, 7) is 0.390. The van der Waals surface area contributed by atoms with Crippen molar-refractivity contribution < 1.29 is 14.3 Å². The molecule has 0 saturated heterocycles. The maximum Gasteiger partial charge on any atom is 0.267 e. The summed E-state index contributed by atoms with van der Waals surface area (Å²) in [5, 5.41) is 8.38. The predicted molar refractivity (Wildman–Crippen MR) is 95.4 cm³/mol. The van der Waals surface area contributed by atoms with Crippen LogP contribution in [0.4, 0.5) is 5.69 Å². The molecule has 0 bridgehead atoms. The van der Waals surface area contributed by atoms with E-state index in [1.165, 1.54) is 5.01 Å². The molecule has 6 heteroatoms. The van der Waals surface area contributed by atoms with E-state index >= 15 is 0 Å². The molecule has 0 aliphatic carbocycles. The molecule has 1 N–H and O–H groups in total. The first-order valence-electron chi connectivity index (χ1n) is 8.04. The molecule has 0 unspecified atom stereocenters. The predicted octanol–water partition coefficient (Wildman–Crippen LogP) is 2.49. The van der Waals surface area contributed by atoms with Gasteiger partial charge in [-0.1, -0.05) is 30.3 Å². The standard InChI is InChI=1S/C19H19N3O3/c1-25-16-9-7-14(8-10-16)13-20-19(24)17-11-12-18(23)22(21-17)15-5-3-2-4-6-15/h2-10H,11-13H2,1H3,(H,20,24). The zero-order valence-corrected chi connectivity index (χ0v) is 13.9. The fraction of sp³-hybridized carbons (Fsp3) is 0.211. The molecule has 0 radical (unpaired) electrons. The first-order valence-corrected chi connectivity index (χ1v) is 8.04. The van der Waals surface area contributed by atoms with Crippen molar-refractivity contribution in [2.75, 3.05) is 12.1 Å². The van der Waals surface area contributed by atoms with Gasteiger partial charge in [0.25, 0.3) is 5.91 Å². The molecule has 1 aliphatic rings. The Kier molecular flexibility index (Phi) is 5.09. The largest absolute Gasteiger partial charge is 0.497 e. The summed E-state index contributed by atoms with van der Waals surface area (Å²) in [5.74, 6) is 0.394. The van der Waals surface area contributed by atoms with E-state index in [1.807, 2.05) is 42.5 Å². The number of carbonyl (C=O) groups is 2. The molecule has 0 atom stereocenters. The summed E-state index contributed by atoms with van der Waals surface area (Å²) < 4.78 is 5.11. The number of anilines is 1. The highest BCUT2D eigenvalue weighted by atomic mass is 16.5. The Hall–Kier alpha value is -3.15. The van der Waals surface area contributed by atoms with Crippen molar-refractivity contribution in [3.05, 3.63) is 60.2 Å². The number of rotatable bonds is 5. The lowest BCUT2D eigenvalue weighted by atomic mass is 10.1. The van der Waals surface area contributed by atoms with E-state index in [0.717, 1.165) is 11.3 Å². The number of ether oxygens (including phenoxy) is 1. The monoisotopic (exact) mass is 337 g/mol. The average Bonchev–Trinajstić information content (AvgIpc) is 2.67. The van der Waals surface area contributed by atoms with Gasteiger partial charge in [0.15, 0.2) is 0 Å². The van der Waals surface area contributed by atoms with E-state index < -0.39 is 0 Å². The highest BCUT2D eigenvalue weighted by Crippen LogP contribution is 2.19. The maximum atomic E-state index is 12.4. The summed E-state index contributed by atoms with van der Waals surface area (Å²) in [4.78, 5) is 24.5. The van der Waals surface area contributed by atoms with Crippen molar-refractivity contribution in [1.82, 2.24) is 5.32 Å². The Balaban J connectivity index is 1.67. The normalized spacial score (nSPS) is 14.0. The summed E-state index contributed by atoms with van der Waals surface area (Å²) in [5.41, 5.74) is 1.98. The third-order valence-corrected chi connectivity index (χ3v) is 3.91. The second kappa shape index (κ2) is 7.61. The van der Waals surface area contributed by atoms with E-state index in [-0.39, 0.29) is 18.2 Å². The van der Waals surface area contributed by atoms with Crippen LogP contribution in [0.25, 0.3) is 0 Å². The van der Waals surface area contributed by atoms with Crippen LogP contribution in [0.5, 0.6) is 5.75 Å². The molecule has 1 aliphatic heterocycles. The van der Waals surface area contributed by atoms with Crippen LogP contribution in [0, 0.1) is 0 Å². The van der Waals surface area contributed by atoms with Gasteiger partial charge in [-0.15, -0.1) is 0 Å². The number of amides is 2. The Labute approximate surface area is 146 Å². The van der Waals surface area contributed by atoms with Crippen LogP contribution < -0.4 is 15.1 Å². The molecule has 6 nitrogen and oxygen atoms in total. The van der Waals surface area contributed by atoms with Crippen LogP contribution >= 0.6 is 0 Å². The van der Waals surface area contributed by atoms with Crippen molar-refractivity contribution in [1.29, 1.82) is 0 Å². The average molecular weight is 337 g/mol. The van der Waals surface area contributed by atoms with E-state index in [0.29, 0.717) is 24.4 Å². The van der Waals surface area contributed by atoms with Gasteiger partial charge in [0.2, 0.25) is 5.91 Å². The topological polar surface area (TPSA) is 71.0 Å². The lowest BCUT2D eigenvalue weighted by Gasteiger charge is -2.23. The van der Waals surface area contributed by atoms with Gasteiger partial charge in [0.1, 0.15) is 11.5 Å². The number of hydrazone groups is 1. The molecule has 0 aromatic heterocycles. The van der Waals surface area contributed by atoms with E-state index in [4.69, 9.17) is 4.74 Å². The summed E-state index contributed by atoms with van der Waals surface area (Å²) in [6.07, 6.45) is 0.611. The molecular weight excluding hydrogens is 318 g/mol. The summed E-state index contributed by atoms with van der Waals surface area (Å²) in [7, 11) is 1.61. The van der Waals surface area contributed by atoms with Crippen LogP contribution in [-0.4, -0.2) is 24.6 Å². The van der Waals surface area contributed by atoms with Crippen molar-refractivity contribution >= 4 is 23.2 Å². The number of carbonyl (C=O) groups excluding carboxylic acids is 2. The van der Waals surface area contributed by atoms with Crippen molar-refractivity contribution in [2.45, 2.75) is 19.4 Å². The zero-order chi connectivity index (χ0) is 17.6. The molecule has 0 fully saturated rings. The quantitative estimate of drug-likeness (QED) is 0.911. The number of hydrogen-bond acceptors (Lipinski definition) is 4. The molecule has 0 saturated carbocycles. The van der Waals surface area contributed by atoms with Crippen LogP contribution in [0.2, 0.25) is 0 Å². The first-order chi connectivity index (χ1) is 12.2. The highest BCUT2D eigenvalue weighted by Gasteiger charge is 2.25. The smallest absolute Gasteiger partial charge is 0.267 e. The second-order valence-electron chi connectivity index (χ2n) is 5.62. The van der Waals surface area contributed by atoms with Gasteiger partial charge in [-0.2, -0.15) is 5.10 Å². The van der Waals surface area contributed by atoms with Gasteiger partial charge in [0.05, 0.1) is 12.8 Å². The number of nitrogens with zero attached hydrogens (tertiary/aromatic N) is 2. The molecule has 3 rings (SSSR count). The molecule has 2 aromatic carbocycles. The van der Waals surface area contributed by atoms with Crippen molar-refractivity contribution in [2.24, 2.45) is 5.10 Å². The number of hydrogen-bond donors (Lipinski definition) is 1. The van der Waals surface area contributed by atoms with Crippen LogP contribution in [0.1, 0.15) is 18.4 Å². The Morgan fingerprint density at radius 3 is 2.52 bits per heavy atom. The number of nitrogens with one attached hydrogen (secondary N) is 1. The Morgan fingerprint density at radius 1 is 1.12 bits per heavy atom. The van der Waals surface area contributed by atoms with E-state index in [1.54, 1.807) is 19.2 Å². The lowest BCUT2D eigenvalue weighted by Crippen LogP contribution is -2.38. The molecule has 2 amide bonds. The third kappa shape index (κ3) is 4.03. The number of benzene rings is 2. The molecule has 128 valence electrons. The fourth-order valence-corrected chi connectivity index (χ4v) is 2.52. The van der Waals surface area contributed by atoms with Crippen LogP contribution in [0.15, 0.2) is 59.7 Å². The number of methoxy groups -OCH3 is 1. The summed E-state index contributed by atoms with van der Waals surface area (Å²) in [6, 6.07) is 16.6. The molecule has 25 heavy (non-hydrogen) atoms. The first kappa shape index (κ1) is 16.7. The molecule has 0 spiro atoms. The van der Waals surface area contributed by atoms with Crippen molar-refractivity contribution in [3.63, 3.8) is 0 Å². The molecule has 2 aromatic rings. The van der Waals surface area contributed by atoms with Crippen LogP contribution in [-0.2, 0) is 16.1 Å². The Morgan fingerprint density at radius 2 is 1.84 bits per heavy atom. The van der Waals surface area contributed by atoms with Gasteiger partial charge in [-0.3, -0.25) is 9.59 Å². The minimum absolute atomic E-state index is 0.113. The van der Waals surface area contributed by atoms with E-state index in [9.17, 15) is 9.59 Å². The molecule has 1 heterocycles. The highest BCUT2D eigenvalue weighted by molar-refractivity contribution is 6.40. The fourth-order valence-electron chi connectivity index (χ4n) is 2.52. The SMILES string of the molecule is COc1ccc(CNC(=O)C2=NN(c3ccccc3)C(=O)CC2)cc1. The van der Waals surface area contributed by atoms with E-state index in [2.05, 4.69) is 10.4 Å². The van der Waals surface area contributed by atoms with Gasteiger partial charge in [0, 0.05) is 19.4 Å². The van der Waals surface area contributed by atoms with Crippen molar-refractivity contribution in [3.8, 4) is 5.75 Å². The van der Waals surface area contributed by atoms with Gasteiger partial charge >= 0.3 is 0 Å². The zero-order valence-electron chi connectivity index (χ0n) is 13.9. The van der Waals surface area contributed by atoms with Crippen LogP contribution in [0.3, 0.4) is 0 Å². The number of para-hydroxylation sites is 1. The maximum absolute atomic E-state index is 12.4. The summed E-state index contributed by atoms with van der Waals surface area (Å²) >= 11 is 0. The minimum Gasteiger partial charge on any atom is -0.497 e. The molecular formula is C19H19N3O3. The second-order valence-corrected chi connectivity index (χ2v) is 5.62. The van der Waals surface area contributed by atoms with Gasteiger partial charge in [-0.05, 0) is 29.8 Å². The van der Waals surface area contributed by atoms with Gasteiger partial charge in [-0.25, -0.2) is 5.01 Å². The lowest BCUT2D eigenvalue weighted by molar-refractivity contribution is -0.119. The minimum atomic E-state index is -0.260. The van der Waals surface area contributed by atoms with Gasteiger partial charge < -0.3 is 10.1 Å². The Bertz CT molecular complexity index is 785. The third-order valence-electron chi connectivity index (χ3n) is 3.91.